The number of aldehydes is 1. The van der Waals surface area contributed by atoms with Crippen molar-refractivity contribution in [2.24, 2.45) is 0 Å². The number of hydrogen-bond acceptors (Lipinski definition) is 1. The van der Waals surface area contributed by atoms with Gasteiger partial charge >= 0.3 is 0 Å². The third kappa shape index (κ3) is 1.97. The second-order valence-corrected chi connectivity index (χ2v) is 3.54. The van der Waals surface area contributed by atoms with E-state index < -0.39 is 0 Å². The molecule has 13 heavy (non-hydrogen) atoms. The monoisotopic (exact) mass is 176 g/mol. The van der Waals surface area contributed by atoms with Gasteiger partial charge in [-0.25, -0.2) is 0 Å². The Morgan fingerprint density at radius 2 is 2.08 bits per heavy atom. The topological polar surface area (TPSA) is 17.1 Å². The molecule has 0 fully saturated rings. The number of hydrogen-bond donors (Lipinski definition) is 0. The first-order valence-corrected chi connectivity index (χ1v) is 4.77. The average Bonchev–Trinajstić information content (AvgIpc) is 2.16. The smallest absolute Gasteiger partial charge is 0.150 e. The normalized spacial score (nSPS) is 10.5. The molecule has 1 nitrogen and oxygen atoms in total. The summed E-state index contributed by atoms with van der Waals surface area (Å²) in [7, 11) is 0. The molecule has 0 heterocycles. The van der Waals surface area contributed by atoms with E-state index in [1.807, 2.05) is 12.1 Å². The van der Waals surface area contributed by atoms with Crippen molar-refractivity contribution in [3.63, 3.8) is 0 Å². The minimum Gasteiger partial charge on any atom is -0.298 e. The maximum Gasteiger partial charge on any atom is 0.150 e. The Morgan fingerprint density at radius 1 is 1.38 bits per heavy atom. The van der Waals surface area contributed by atoms with E-state index in [0.29, 0.717) is 5.92 Å². The summed E-state index contributed by atoms with van der Waals surface area (Å²) in [6, 6.07) is 5.95. The summed E-state index contributed by atoms with van der Waals surface area (Å²) in [5.74, 6) is 0.495. The molecule has 1 heteroatoms. The lowest BCUT2D eigenvalue weighted by molar-refractivity contribution is 0.112. The van der Waals surface area contributed by atoms with Gasteiger partial charge in [-0.2, -0.15) is 0 Å². The maximum absolute atomic E-state index is 10.8. The van der Waals surface area contributed by atoms with E-state index in [0.717, 1.165) is 18.3 Å². The summed E-state index contributed by atoms with van der Waals surface area (Å²) in [5, 5.41) is 0. The van der Waals surface area contributed by atoms with E-state index in [4.69, 9.17) is 0 Å². The summed E-state index contributed by atoms with van der Waals surface area (Å²) in [6.45, 7) is 6.40. The number of carbonyl (C=O) groups excluding carboxylic acids is 1. The molecule has 0 aliphatic rings. The minimum absolute atomic E-state index is 0.495. The van der Waals surface area contributed by atoms with Gasteiger partial charge in [0.15, 0.2) is 0 Å². The van der Waals surface area contributed by atoms with Crippen LogP contribution in [0.4, 0.5) is 0 Å². The van der Waals surface area contributed by atoms with Gasteiger partial charge in [0.2, 0.25) is 0 Å². The van der Waals surface area contributed by atoms with Gasteiger partial charge in [-0.15, -0.1) is 0 Å². The molecule has 0 radical (unpaired) electrons. The highest BCUT2D eigenvalue weighted by atomic mass is 16.1. The Bertz CT molecular complexity index is 300. The predicted molar refractivity (Wildman–Crippen MR) is 55.3 cm³/mol. The van der Waals surface area contributed by atoms with Crippen LogP contribution in [0.3, 0.4) is 0 Å². The highest BCUT2D eigenvalue weighted by molar-refractivity contribution is 5.78. The molecule has 70 valence electrons. The van der Waals surface area contributed by atoms with Gasteiger partial charge in [-0.3, -0.25) is 4.79 Å². The van der Waals surface area contributed by atoms with Gasteiger partial charge in [0.1, 0.15) is 6.29 Å². The molecule has 0 saturated heterocycles. The molecule has 0 aliphatic carbocycles. The molecule has 0 atom stereocenters. The fourth-order valence-electron chi connectivity index (χ4n) is 1.68. The van der Waals surface area contributed by atoms with E-state index in [1.165, 1.54) is 11.1 Å². The first-order chi connectivity index (χ1) is 6.20. The Balaban J connectivity index is 3.26. The first-order valence-electron chi connectivity index (χ1n) is 4.77. The van der Waals surface area contributed by atoms with Crippen molar-refractivity contribution >= 4 is 6.29 Å². The van der Waals surface area contributed by atoms with Crippen LogP contribution in [0.15, 0.2) is 18.2 Å². The molecule has 0 amide bonds. The quantitative estimate of drug-likeness (QED) is 0.646. The van der Waals surface area contributed by atoms with Crippen LogP contribution < -0.4 is 0 Å². The van der Waals surface area contributed by atoms with Gasteiger partial charge in [0.05, 0.1) is 0 Å². The van der Waals surface area contributed by atoms with Gasteiger partial charge < -0.3 is 0 Å². The zero-order valence-electron chi connectivity index (χ0n) is 8.50. The lowest BCUT2D eigenvalue weighted by atomic mass is 9.92. The molecule has 0 saturated carbocycles. The Hall–Kier alpha value is -1.11. The SMILES string of the molecule is CCc1c(C=O)cccc1C(C)C. The van der Waals surface area contributed by atoms with Crippen molar-refractivity contribution in [3.05, 3.63) is 34.9 Å². The van der Waals surface area contributed by atoms with Crippen molar-refractivity contribution in [2.45, 2.75) is 33.1 Å². The van der Waals surface area contributed by atoms with Crippen LogP contribution in [-0.2, 0) is 6.42 Å². The molecule has 0 aliphatic heterocycles. The van der Waals surface area contributed by atoms with E-state index in [-0.39, 0.29) is 0 Å². The predicted octanol–water partition coefficient (Wildman–Crippen LogP) is 3.18. The van der Waals surface area contributed by atoms with E-state index in [9.17, 15) is 4.79 Å². The Morgan fingerprint density at radius 3 is 2.54 bits per heavy atom. The van der Waals surface area contributed by atoms with Gasteiger partial charge in [0, 0.05) is 5.56 Å². The Labute approximate surface area is 79.8 Å². The third-order valence-corrected chi connectivity index (χ3v) is 2.35. The molecular formula is C12H16O. The number of carbonyl (C=O) groups is 1. The maximum atomic E-state index is 10.8. The van der Waals surface area contributed by atoms with Crippen LogP contribution in [-0.4, -0.2) is 6.29 Å². The lowest BCUT2D eigenvalue weighted by Gasteiger charge is -2.12. The highest BCUT2D eigenvalue weighted by Crippen LogP contribution is 2.22. The van der Waals surface area contributed by atoms with E-state index in [1.54, 1.807) is 0 Å². The summed E-state index contributed by atoms with van der Waals surface area (Å²) < 4.78 is 0. The van der Waals surface area contributed by atoms with Crippen molar-refractivity contribution < 1.29 is 4.79 Å². The summed E-state index contributed by atoms with van der Waals surface area (Å²) >= 11 is 0. The van der Waals surface area contributed by atoms with Gasteiger partial charge in [0.25, 0.3) is 0 Å². The van der Waals surface area contributed by atoms with Crippen LogP contribution in [0.5, 0.6) is 0 Å². The molecule has 1 rings (SSSR count). The number of benzene rings is 1. The van der Waals surface area contributed by atoms with Crippen molar-refractivity contribution in [1.29, 1.82) is 0 Å². The molecule has 0 aromatic heterocycles. The van der Waals surface area contributed by atoms with E-state index in [2.05, 4.69) is 26.8 Å². The average molecular weight is 176 g/mol. The number of rotatable bonds is 3. The van der Waals surface area contributed by atoms with Crippen LogP contribution in [0, 0.1) is 0 Å². The molecular weight excluding hydrogens is 160 g/mol. The largest absolute Gasteiger partial charge is 0.298 e. The zero-order valence-corrected chi connectivity index (χ0v) is 8.50. The minimum atomic E-state index is 0.495. The second-order valence-electron chi connectivity index (χ2n) is 3.54. The zero-order chi connectivity index (χ0) is 9.84. The van der Waals surface area contributed by atoms with Gasteiger partial charge in [-0.1, -0.05) is 39.0 Å². The fourth-order valence-corrected chi connectivity index (χ4v) is 1.68. The summed E-state index contributed by atoms with van der Waals surface area (Å²) in [4.78, 5) is 10.8. The van der Waals surface area contributed by atoms with Crippen molar-refractivity contribution in [2.75, 3.05) is 0 Å². The summed E-state index contributed by atoms with van der Waals surface area (Å²) in [5.41, 5.74) is 3.34. The molecule has 1 aromatic rings. The molecule has 0 N–H and O–H groups in total. The third-order valence-electron chi connectivity index (χ3n) is 2.35. The van der Waals surface area contributed by atoms with Crippen LogP contribution in [0.2, 0.25) is 0 Å². The van der Waals surface area contributed by atoms with Crippen LogP contribution in [0.1, 0.15) is 48.2 Å². The van der Waals surface area contributed by atoms with E-state index >= 15 is 0 Å². The molecule has 1 aromatic carbocycles. The van der Waals surface area contributed by atoms with Crippen LogP contribution >= 0.6 is 0 Å². The molecule has 0 unspecified atom stereocenters. The summed E-state index contributed by atoms with van der Waals surface area (Å²) in [6.07, 6.45) is 1.88. The second kappa shape index (κ2) is 4.22. The van der Waals surface area contributed by atoms with Crippen LogP contribution in [0.25, 0.3) is 0 Å². The van der Waals surface area contributed by atoms with Crippen molar-refractivity contribution in [1.82, 2.24) is 0 Å². The lowest BCUT2D eigenvalue weighted by Crippen LogP contribution is -1.99. The molecule has 0 bridgehead atoms. The Kier molecular flexibility index (Phi) is 3.24. The fraction of sp³-hybridized carbons (Fsp3) is 0.417. The standard InChI is InChI=1S/C12H16O/c1-4-11-10(8-13)6-5-7-12(11)9(2)3/h5-9H,4H2,1-3H3. The molecule has 0 spiro atoms. The van der Waals surface area contributed by atoms with Crippen molar-refractivity contribution in [3.8, 4) is 0 Å². The van der Waals surface area contributed by atoms with Gasteiger partial charge in [-0.05, 0) is 23.5 Å². The first kappa shape index (κ1) is 9.97. The highest BCUT2D eigenvalue weighted by Gasteiger charge is 2.08.